The van der Waals surface area contributed by atoms with Crippen LogP contribution < -0.4 is 19.6 Å². The standard InChI is InChI=1S/C29H34O14/c1-12-22(31)24(33)26(35)28(40-12)39-11-20-23(32)25(34)27(36)29(43-20)42-19-9-15(38-3)8-18-21(19)16(30)10-17(41-18)13-4-6-14(37-2)7-5-13/h4-10,12,20,22-29,31-36H,11H2,1-3H3/t12-,20+,22-,23-,24+,25-,26+,27+,28+,29+/m0/s1. The first-order valence-corrected chi connectivity index (χ1v) is 13.5. The highest BCUT2D eigenvalue weighted by atomic mass is 16.7. The molecule has 10 atom stereocenters. The highest BCUT2D eigenvalue weighted by molar-refractivity contribution is 5.86. The van der Waals surface area contributed by atoms with Crippen molar-refractivity contribution >= 4 is 11.0 Å². The van der Waals surface area contributed by atoms with Crippen molar-refractivity contribution < 1.29 is 63.5 Å². The Morgan fingerprint density at radius 1 is 0.744 bits per heavy atom. The molecule has 0 aliphatic carbocycles. The van der Waals surface area contributed by atoms with Crippen LogP contribution in [0, 0.1) is 0 Å². The van der Waals surface area contributed by atoms with Crippen LogP contribution in [0.2, 0.25) is 0 Å². The summed E-state index contributed by atoms with van der Waals surface area (Å²) in [7, 11) is 2.93. The predicted molar refractivity (Wildman–Crippen MR) is 147 cm³/mol. The van der Waals surface area contributed by atoms with Crippen LogP contribution >= 0.6 is 0 Å². The van der Waals surface area contributed by atoms with E-state index in [1.54, 1.807) is 24.3 Å². The Morgan fingerprint density at radius 2 is 1.40 bits per heavy atom. The van der Waals surface area contributed by atoms with E-state index in [4.69, 9.17) is 32.8 Å². The van der Waals surface area contributed by atoms with Crippen molar-refractivity contribution in [3.05, 3.63) is 52.7 Å². The van der Waals surface area contributed by atoms with Crippen LogP contribution in [0.3, 0.4) is 0 Å². The van der Waals surface area contributed by atoms with Crippen molar-refractivity contribution in [2.24, 2.45) is 0 Å². The lowest BCUT2D eigenvalue weighted by molar-refractivity contribution is -0.318. The van der Waals surface area contributed by atoms with Crippen LogP contribution in [0.5, 0.6) is 17.2 Å². The third-order valence-corrected chi connectivity index (χ3v) is 7.52. The maximum Gasteiger partial charge on any atom is 0.229 e. The van der Waals surface area contributed by atoms with Gasteiger partial charge in [-0.05, 0) is 31.2 Å². The molecule has 0 spiro atoms. The first kappa shape index (κ1) is 31.1. The molecule has 0 bridgehead atoms. The molecule has 14 nitrogen and oxygen atoms in total. The van der Waals surface area contributed by atoms with Gasteiger partial charge in [-0.2, -0.15) is 0 Å². The highest BCUT2D eigenvalue weighted by Gasteiger charge is 2.47. The van der Waals surface area contributed by atoms with Gasteiger partial charge >= 0.3 is 0 Å². The highest BCUT2D eigenvalue weighted by Crippen LogP contribution is 2.35. The molecule has 0 saturated carbocycles. The number of methoxy groups -OCH3 is 2. The van der Waals surface area contributed by atoms with Crippen molar-refractivity contribution in [2.75, 3.05) is 20.8 Å². The molecular formula is C29H34O14. The average Bonchev–Trinajstić information content (AvgIpc) is 3.01. The minimum absolute atomic E-state index is 0.00235. The number of ether oxygens (including phenoxy) is 6. The fourth-order valence-corrected chi connectivity index (χ4v) is 4.95. The zero-order valence-electron chi connectivity index (χ0n) is 23.5. The van der Waals surface area contributed by atoms with Gasteiger partial charge in [-0.25, -0.2) is 0 Å². The average molecular weight is 607 g/mol. The van der Waals surface area contributed by atoms with Crippen LogP contribution in [0.4, 0.5) is 0 Å². The van der Waals surface area contributed by atoms with E-state index in [0.717, 1.165) is 0 Å². The van der Waals surface area contributed by atoms with Gasteiger partial charge in [-0.3, -0.25) is 4.79 Å². The Balaban J connectivity index is 1.39. The van der Waals surface area contributed by atoms with Crippen LogP contribution in [0.15, 0.2) is 51.7 Å². The maximum atomic E-state index is 13.3. The van der Waals surface area contributed by atoms with E-state index < -0.39 is 73.4 Å². The number of benzene rings is 2. The van der Waals surface area contributed by atoms with Crippen molar-refractivity contribution in [2.45, 2.75) is 68.3 Å². The Bertz CT molecular complexity index is 1460. The number of hydrogen-bond donors (Lipinski definition) is 6. The summed E-state index contributed by atoms with van der Waals surface area (Å²) in [5, 5.41) is 61.9. The van der Waals surface area contributed by atoms with E-state index in [-0.39, 0.29) is 28.2 Å². The molecule has 0 radical (unpaired) electrons. The van der Waals surface area contributed by atoms with Gasteiger partial charge in [-0.15, -0.1) is 0 Å². The Kier molecular flexibility index (Phi) is 9.22. The zero-order valence-corrected chi connectivity index (χ0v) is 23.5. The van der Waals surface area contributed by atoms with Gasteiger partial charge in [-0.1, -0.05) is 0 Å². The van der Waals surface area contributed by atoms with Gasteiger partial charge < -0.3 is 63.5 Å². The van der Waals surface area contributed by atoms with Crippen LogP contribution in [-0.4, -0.2) is 113 Å². The van der Waals surface area contributed by atoms with Gasteiger partial charge in [0.15, 0.2) is 11.7 Å². The van der Waals surface area contributed by atoms with Crippen molar-refractivity contribution in [1.82, 2.24) is 0 Å². The molecule has 2 fully saturated rings. The summed E-state index contributed by atoms with van der Waals surface area (Å²) >= 11 is 0. The van der Waals surface area contributed by atoms with E-state index in [1.807, 2.05) is 0 Å². The minimum atomic E-state index is -1.76. The lowest BCUT2D eigenvalue weighted by atomic mass is 9.98. The summed E-state index contributed by atoms with van der Waals surface area (Å²) in [5.74, 6) is 1.05. The lowest BCUT2D eigenvalue weighted by Crippen LogP contribution is -2.61. The number of aliphatic hydroxyl groups excluding tert-OH is 6. The van der Waals surface area contributed by atoms with Gasteiger partial charge in [0.05, 0.1) is 26.9 Å². The SMILES string of the molecule is COc1ccc(-c2cc(=O)c3c(O[C@@H]4O[C@H](CO[C@@H]5O[C@@H](C)[C@H](O)[C@@H](O)[C@H]5O)[C@H](O)[C@H](O)[C@H]4O)cc(OC)cc3o2)cc1. The fraction of sp³-hybridized carbons (Fsp3) is 0.483. The number of aliphatic hydroxyl groups is 6. The Labute approximate surface area is 245 Å². The molecule has 0 amide bonds. The Morgan fingerprint density at radius 3 is 2.07 bits per heavy atom. The van der Waals surface area contributed by atoms with E-state index in [1.165, 1.54) is 39.3 Å². The fourth-order valence-electron chi connectivity index (χ4n) is 4.95. The quantitative estimate of drug-likeness (QED) is 0.191. The summed E-state index contributed by atoms with van der Waals surface area (Å²) in [6, 6.07) is 11.0. The van der Waals surface area contributed by atoms with Crippen molar-refractivity contribution in [3.8, 4) is 28.6 Å². The normalized spacial score (nSPS) is 32.9. The molecule has 14 heteroatoms. The van der Waals surface area contributed by atoms with Crippen molar-refractivity contribution in [1.29, 1.82) is 0 Å². The first-order chi connectivity index (χ1) is 20.5. The second kappa shape index (κ2) is 12.7. The third-order valence-electron chi connectivity index (χ3n) is 7.52. The van der Waals surface area contributed by atoms with E-state index >= 15 is 0 Å². The molecule has 2 aromatic carbocycles. The molecular weight excluding hydrogens is 572 g/mol. The number of fused-ring (bicyclic) bond motifs is 1. The molecule has 3 heterocycles. The monoisotopic (exact) mass is 606 g/mol. The summed E-state index contributed by atoms with van der Waals surface area (Å²) < 4.78 is 39.0. The summed E-state index contributed by atoms with van der Waals surface area (Å²) in [6.45, 7) is 0.995. The molecule has 5 rings (SSSR count). The molecule has 43 heavy (non-hydrogen) atoms. The smallest absolute Gasteiger partial charge is 0.229 e. The van der Waals surface area contributed by atoms with Gasteiger partial charge in [0.1, 0.15) is 76.7 Å². The second-order valence-corrected chi connectivity index (χ2v) is 10.3. The molecule has 6 N–H and O–H groups in total. The first-order valence-electron chi connectivity index (χ1n) is 13.5. The third kappa shape index (κ3) is 6.20. The topological polar surface area (TPSA) is 207 Å². The largest absolute Gasteiger partial charge is 0.497 e. The summed E-state index contributed by atoms with van der Waals surface area (Å²) in [5.41, 5.74) is 0.241. The molecule has 3 aromatic rings. The lowest BCUT2D eigenvalue weighted by Gasteiger charge is -2.42. The van der Waals surface area contributed by atoms with Crippen LogP contribution in [-0.2, 0) is 14.2 Å². The van der Waals surface area contributed by atoms with Crippen molar-refractivity contribution in [3.63, 3.8) is 0 Å². The van der Waals surface area contributed by atoms with Crippen LogP contribution in [0.1, 0.15) is 6.92 Å². The molecule has 0 unspecified atom stereocenters. The molecule has 1 aromatic heterocycles. The number of rotatable bonds is 8. The summed E-state index contributed by atoms with van der Waals surface area (Å²) in [4.78, 5) is 13.3. The zero-order chi connectivity index (χ0) is 31.0. The molecule has 2 aliphatic rings. The van der Waals surface area contributed by atoms with E-state index in [9.17, 15) is 35.4 Å². The van der Waals surface area contributed by atoms with E-state index in [0.29, 0.717) is 11.3 Å². The minimum Gasteiger partial charge on any atom is -0.497 e. The van der Waals surface area contributed by atoms with Gasteiger partial charge in [0.2, 0.25) is 6.29 Å². The molecule has 234 valence electrons. The summed E-state index contributed by atoms with van der Waals surface area (Å²) in [6.07, 6.45) is -14.8. The molecule has 2 aliphatic heterocycles. The second-order valence-electron chi connectivity index (χ2n) is 10.3. The van der Waals surface area contributed by atoms with Gasteiger partial charge in [0, 0.05) is 23.8 Å². The predicted octanol–water partition coefficient (Wildman–Crippen LogP) is -0.492. The molecule has 2 saturated heterocycles. The van der Waals surface area contributed by atoms with Crippen LogP contribution in [0.25, 0.3) is 22.3 Å². The number of hydrogen-bond acceptors (Lipinski definition) is 14. The van der Waals surface area contributed by atoms with E-state index in [2.05, 4.69) is 0 Å². The van der Waals surface area contributed by atoms with Gasteiger partial charge in [0.25, 0.3) is 0 Å². The maximum absolute atomic E-state index is 13.3. The Hall–Kier alpha value is -3.31.